The zero-order chi connectivity index (χ0) is 18.3. The number of hydrogen-bond donors (Lipinski definition) is 0. The summed E-state index contributed by atoms with van der Waals surface area (Å²) < 4.78 is 15.8. The van der Waals surface area contributed by atoms with Gasteiger partial charge in [0, 0.05) is 23.6 Å². The largest absolute Gasteiger partial charge is 0.256 e. The molecule has 0 saturated carbocycles. The molecule has 0 fully saturated rings. The van der Waals surface area contributed by atoms with Crippen LogP contribution in [-0.4, -0.2) is 9.97 Å². The number of fused-ring (bicyclic) bond motifs is 2. The van der Waals surface area contributed by atoms with E-state index in [4.69, 9.17) is 0 Å². The van der Waals surface area contributed by atoms with Crippen LogP contribution in [0, 0.1) is 12.7 Å². The monoisotopic (exact) mass is 364 g/mol. The topological polar surface area (TPSA) is 25.8 Å². The van der Waals surface area contributed by atoms with Gasteiger partial charge in [0.25, 0.3) is 0 Å². The molecule has 2 heterocycles. The first-order valence-electron chi connectivity index (χ1n) is 9.01. The fraction of sp³-hybridized carbons (Fsp3) is 0.273. The fourth-order valence-electron chi connectivity index (χ4n) is 3.62. The van der Waals surface area contributed by atoms with Crippen molar-refractivity contribution in [3.05, 3.63) is 70.1 Å². The lowest BCUT2D eigenvalue weighted by Crippen LogP contribution is -2.01. The minimum atomic E-state index is -0.192. The molecule has 2 aromatic carbocycles. The Bertz CT molecular complexity index is 1100. The van der Waals surface area contributed by atoms with Crippen LogP contribution in [0.5, 0.6) is 0 Å². The molecule has 0 aliphatic carbocycles. The normalized spacial score (nSPS) is 12.8. The van der Waals surface area contributed by atoms with E-state index in [1.54, 1.807) is 17.4 Å². The molecule has 1 unspecified atom stereocenters. The van der Waals surface area contributed by atoms with Crippen molar-refractivity contribution in [2.45, 2.75) is 39.5 Å². The van der Waals surface area contributed by atoms with Crippen molar-refractivity contribution >= 4 is 32.5 Å². The maximum atomic E-state index is 14.8. The van der Waals surface area contributed by atoms with Crippen LogP contribution >= 0.6 is 11.3 Å². The minimum Gasteiger partial charge on any atom is -0.256 e. The average molecular weight is 364 g/mol. The van der Waals surface area contributed by atoms with Crippen molar-refractivity contribution in [1.82, 2.24) is 9.97 Å². The van der Waals surface area contributed by atoms with Crippen molar-refractivity contribution in [3.63, 3.8) is 0 Å². The second-order valence-electron chi connectivity index (χ2n) is 6.80. The summed E-state index contributed by atoms with van der Waals surface area (Å²) >= 11 is 1.61. The molecule has 0 saturated heterocycles. The second-order valence-corrected chi connectivity index (χ2v) is 8.03. The Morgan fingerprint density at radius 2 is 1.92 bits per heavy atom. The lowest BCUT2D eigenvalue weighted by molar-refractivity contribution is 0.605. The van der Waals surface area contributed by atoms with Gasteiger partial charge in [-0.2, -0.15) is 0 Å². The predicted octanol–water partition coefficient (Wildman–Crippen LogP) is 6.40. The number of rotatable bonds is 4. The van der Waals surface area contributed by atoms with Gasteiger partial charge in [-0.25, -0.2) is 9.37 Å². The molecular formula is C22H21FN2S. The first-order chi connectivity index (χ1) is 12.6. The van der Waals surface area contributed by atoms with Gasteiger partial charge in [-0.15, -0.1) is 11.3 Å². The van der Waals surface area contributed by atoms with E-state index >= 15 is 0 Å². The summed E-state index contributed by atoms with van der Waals surface area (Å²) in [7, 11) is 0. The second kappa shape index (κ2) is 6.76. The maximum absolute atomic E-state index is 14.8. The summed E-state index contributed by atoms with van der Waals surface area (Å²) in [5.74, 6) is -0.243. The lowest BCUT2D eigenvalue weighted by atomic mass is 9.90. The van der Waals surface area contributed by atoms with E-state index < -0.39 is 0 Å². The highest BCUT2D eigenvalue weighted by Crippen LogP contribution is 2.34. The van der Waals surface area contributed by atoms with Gasteiger partial charge in [-0.3, -0.25) is 4.98 Å². The van der Waals surface area contributed by atoms with E-state index in [0.717, 1.165) is 44.5 Å². The van der Waals surface area contributed by atoms with Gasteiger partial charge < -0.3 is 0 Å². The van der Waals surface area contributed by atoms with Crippen LogP contribution in [0.1, 0.15) is 47.9 Å². The summed E-state index contributed by atoms with van der Waals surface area (Å²) in [6.45, 7) is 6.19. The van der Waals surface area contributed by atoms with Gasteiger partial charge in [-0.1, -0.05) is 32.4 Å². The van der Waals surface area contributed by atoms with Crippen LogP contribution in [0.15, 0.2) is 42.6 Å². The van der Waals surface area contributed by atoms with Crippen molar-refractivity contribution in [2.24, 2.45) is 0 Å². The Balaban J connectivity index is 1.83. The summed E-state index contributed by atoms with van der Waals surface area (Å²) in [6.07, 6.45) is 3.99. The molecule has 0 aliphatic rings. The molecule has 4 rings (SSSR count). The van der Waals surface area contributed by atoms with Gasteiger partial charge >= 0.3 is 0 Å². The van der Waals surface area contributed by atoms with Crippen molar-refractivity contribution in [2.75, 3.05) is 0 Å². The number of halogens is 1. The summed E-state index contributed by atoms with van der Waals surface area (Å²) in [5.41, 5.74) is 4.84. The quantitative estimate of drug-likeness (QED) is 0.419. The smallest absolute Gasteiger partial charge is 0.129 e. The SMILES string of the molecule is CCCc1ccc2c(C(C)c3cc4sc(C)nc4cc3F)ccnc2c1. The Kier molecular flexibility index (Phi) is 4.45. The predicted molar refractivity (Wildman–Crippen MR) is 108 cm³/mol. The average Bonchev–Trinajstić information content (AvgIpc) is 2.99. The van der Waals surface area contributed by atoms with Crippen LogP contribution in [0.3, 0.4) is 0 Å². The molecule has 0 spiro atoms. The van der Waals surface area contributed by atoms with E-state index in [0.29, 0.717) is 5.56 Å². The van der Waals surface area contributed by atoms with Crippen molar-refractivity contribution < 1.29 is 4.39 Å². The van der Waals surface area contributed by atoms with Gasteiger partial charge in [0.15, 0.2) is 0 Å². The van der Waals surface area contributed by atoms with Crippen LogP contribution in [0.25, 0.3) is 21.1 Å². The molecular weight excluding hydrogens is 343 g/mol. The zero-order valence-corrected chi connectivity index (χ0v) is 16.0. The Morgan fingerprint density at radius 3 is 2.73 bits per heavy atom. The van der Waals surface area contributed by atoms with E-state index in [1.807, 2.05) is 25.3 Å². The number of hydrogen-bond acceptors (Lipinski definition) is 3. The third kappa shape index (κ3) is 2.99. The molecule has 0 amide bonds. The van der Waals surface area contributed by atoms with E-state index in [9.17, 15) is 4.39 Å². The summed E-state index contributed by atoms with van der Waals surface area (Å²) in [6, 6.07) is 12.0. The maximum Gasteiger partial charge on any atom is 0.129 e. The third-order valence-corrected chi connectivity index (χ3v) is 5.86. The molecule has 0 N–H and O–H groups in total. The molecule has 2 nitrogen and oxygen atoms in total. The van der Waals surface area contributed by atoms with E-state index in [2.05, 4.69) is 42.0 Å². The number of aromatic nitrogens is 2. The Morgan fingerprint density at radius 1 is 1.08 bits per heavy atom. The first-order valence-corrected chi connectivity index (χ1v) is 9.82. The Labute approximate surface area is 156 Å². The third-order valence-electron chi connectivity index (χ3n) is 4.93. The van der Waals surface area contributed by atoms with E-state index in [-0.39, 0.29) is 11.7 Å². The molecule has 0 bridgehead atoms. The van der Waals surface area contributed by atoms with Gasteiger partial charge in [0.1, 0.15) is 5.82 Å². The van der Waals surface area contributed by atoms with Gasteiger partial charge in [0.2, 0.25) is 0 Å². The molecule has 1 atom stereocenters. The van der Waals surface area contributed by atoms with Crippen LogP contribution in [-0.2, 0) is 6.42 Å². The van der Waals surface area contributed by atoms with Crippen molar-refractivity contribution in [1.29, 1.82) is 0 Å². The Hall–Kier alpha value is -2.33. The molecule has 26 heavy (non-hydrogen) atoms. The number of nitrogens with zero attached hydrogens (tertiary/aromatic N) is 2. The highest BCUT2D eigenvalue weighted by molar-refractivity contribution is 7.18. The van der Waals surface area contributed by atoms with Crippen LogP contribution in [0.4, 0.5) is 4.39 Å². The molecule has 132 valence electrons. The minimum absolute atomic E-state index is 0.0515. The highest BCUT2D eigenvalue weighted by atomic mass is 32.1. The molecule has 0 aliphatic heterocycles. The van der Waals surface area contributed by atoms with Crippen molar-refractivity contribution in [3.8, 4) is 0 Å². The molecule has 2 aromatic heterocycles. The lowest BCUT2D eigenvalue weighted by Gasteiger charge is -2.16. The van der Waals surface area contributed by atoms with Gasteiger partial charge in [-0.05, 0) is 48.2 Å². The molecule has 4 heteroatoms. The standard InChI is InChI=1S/C22H21FN2S/c1-4-5-15-6-7-17-16(8-9-24-20(17)10-15)13(2)18-11-22-21(12-19(18)23)25-14(3)26-22/h6-13H,4-5H2,1-3H3. The van der Waals surface area contributed by atoms with Gasteiger partial charge in [0.05, 0.1) is 20.7 Å². The first kappa shape index (κ1) is 17.1. The number of benzene rings is 2. The van der Waals surface area contributed by atoms with Crippen LogP contribution in [0.2, 0.25) is 0 Å². The fourth-order valence-corrected chi connectivity index (χ4v) is 4.47. The zero-order valence-electron chi connectivity index (χ0n) is 15.2. The van der Waals surface area contributed by atoms with Crippen LogP contribution < -0.4 is 0 Å². The van der Waals surface area contributed by atoms with E-state index in [1.165, 1.54) is 5.56 Å². The number of thiazole rings is 1. The number of aryl methyl sites for hydroxylation is 2. The molecule has 4 aromatic rings. The summed E-state index contributed by atoms with van der Waals surface area (Å²) in [4.78, 5) is 8.93. The molecule has 0 radical (unpaired) electrons. The number of pyridine rings is 1. The summed E-state index contributed by atoms with van der Waals surface area (Å²) in [5, 5.41) is 2.06. The highest BCUT2D eigenvalue weighted by Gasteiger charge is 2.18.